The smallest absolute Gasteiger partial charge is 0.160 e. The first-order valence-corrected chi connectivity index (χ1v) is 9.10. The third kappa shape index (κ3) is 6.33. The van der Waals surface area contributed by atoms with E-state index in [2.05, 4.69) is 51.2 Å². The van der Waals surface area contributed by atoms with Crippen molar-refractivity contribution in [1.29, 1.82) is 0 Å². The average molecular weight is 394 g/mol. The quantitative estimate of drug-likeness (QED) is 0.673. The molecule has 5 heteroatoms. The predicted molar refractivity (Wildman–Crippen MR) is 114 cm³/mol. The van der Waals surface area contributed by atoms with Gasteiger partial charge in [0.05, 0.1) is 14.2 Å². The predicted octanol–water partition coefficient (Wildman–Crippen LogP) is 4.65. The molecule has 0 heterocycles. The van der Waals surface area contributed by atoms with Crippen molar-refractivity contribution in [3.05, 3.63) is 52.6 Å². The second-order valence-electron chi connectivity index (χ2n) is 6.76. The molecule has 0 bridgehead atoms. The largest absolute Gasteiger partial charge is 0.493 e. The Bertz CT molecular complexity index is 734. The summed E-state index contributed by atoms with van der Waals surface area (Å²) < 4.78 is 16.7. The molecule has 0 amide bonds. The molecule has 4 nitrogen and oxygen atoms in total. The summed E-state index contributed by atoms with van der Waals surface area (Å²) >= 11 is 0. The molecule has 1 N–H and O–H groups in total. The fourth-order valence-electron chi connectivity index (χ4n) is 2.91. The zero-order chi connectivity index (χ0) is 19.1. The van der Waals surface area contributed by atoms with Crippen molar-refractivity contribution in [2.24, 2.45) is 0 Å². The molecular weight excluding hydrogens is 362 g/mol. The highest BCUT2D eigenvalue weighted by atomic mass is 35.5. The molecule has 2 rings (SSSR count). The molecule has 0 aliphatic rings. The molecule has 0 saturated carbocycles. The lowest BCUT2D eigenvalue weighted by Crippen LogP contribution is -2.33. The monoisotopic (exact) mass is 393 g/mol. The maximum Gasteiger partial charge on any atom is 0.160 e. The number of nitrogens with one attached hydrogen (secondary N) is 1. The summed E-state index contributed by atoms with van der Waals surface area (Å²) in [7, 11) is 3.31. The van der Waals surface area contributed by atoms with Gasteiger partial charge in [-0.3, -0.25) is 0 Å². The molecule has 0 aromatic heterocycles. The number of hydrogen-bond donors (Lipinski definition) is 1. The lowest BCUT2D eigenvalue weighted by atomic mass is 10.1. The molecule has 0 aliphatic carbocycles. The number of hydrogen-bond acceptors (Lipinski definition) is 4. The van der Waals surface area contributed by atoms with E-state index in [0.29, 0.717) is 6.61 Å². The van der Waals surface area contributed by atoms with Crippen LogP contribution >= 0.6 is 12.4 Å². The summed E-state index contributed by atoms with van der Waals surface area (Å²) in [5.41, 5.74) is 4.89. The Balaban J connectivity index is 0.00000364. The third-order valence-electron chi connectivity index (χ3n) is 4.71. The van der Waals surface area contributed by atoms with E-state index in [1.54, 1.807) is 14.2 Å². The van der Waals surface area contributed by atoms with E-state index in [4.69, 9.17) is 14.2 Å². The van der Waals surface area contributed by atoms with Crippen molar-refractivity contribution in [3.8, 4) is 17.2 Å². The van der Waals surface area contributed by atoms with E-state index in [0.717, 1.165) is 30.2 Å². The molecule has 1 unspecified atom stereocenters. The minimum Gasteiger partial charge on any atom is -0.493 e. The number of aryl methyl sites for hydroxylation is 2. The van der Waals surface area contributed by atoms with Crippen LogP contribution in [0.25, 0.3) is 0 Å². The minimum absolute atomic E-state index is 0. The van der Waals surface area contributed by atoms with Gasteiger partial charge >= 0.3 is 0 Å². The Kier molecular flexibility index (Phi) is 9.47. The van der Waals surface area contributed by atoms with Gasteiger partial charge in [0.2, 0.25) is 0 Å². The number of halogens is 1. The standard InChI is InChI=1S/C22H31NO3.ClH/c1-15-7-8-16(2)22(18(15)4)26-14-17(3)23-12-11-19-9-10-20(24-5)21(13-19)25-6;/h7-10,13,17,23H,11-12,14H2,1-6H3;1H. The first-order valence-electron chi connectivity index (χ1n) is 9.10. The molecule has 0 aliphatic heterocycles. The number of ether oxygens (including phenoxy) is 3. The van der Waals surface area contributed by atoms with Crippen LogP contribution in [0, 0.1) is 20.8 Å². The summed E-state index contributed by atoms with van der Waals surface area (Å²) in [6.45, 7) is 10.0. The summed E-state index contributed by atoms with van der Waals surface area (Å²) in [5, 5.41) is 3.52. The highest BCUT2D eigenvalue weighted by Gasteiger charge is 2.09. The Morgan fingerprint density at radius 2 is 1.59 bits per heavy atom. The summed E-state index contributed by atoms with van der Waals surface area (Å²) in [6.07, 6.45) is 0.924. The van der Waals surface area contributed by atoms with Gasteiger partial charge in [0.1, 0.15) is 12.4 Å². The zero-order valence-electron chi connectivity index (χ0n) is 17.2. The van der Waals surface area contributed by atoms with Gasteiger partial charge in [-0.25, -0.2) is 0 Å². The van der Waals surface area contributed by atoms with Gasteiger partial charge in [-0.05, 0) is 75.0 Å². The van der Waals surface area contributed by atoms with Gasteiger partial charge in [0.25, 0.3) is 0 Å². The van der Waals surface area contributed by atoms with Crippen molar-refractivity contribution in [2.45, 2.75) is 40.2 Å². The maximum absolute atomic E-state index is 6.08. The van der Waals surface area contributed by atoms with E-state index in [9.17, 15) is 0 Å². The average Bonchev–Trinajstić information content (AvgIpc) is 2.64. The number of benzene rings is 2. The van der Waals surface area contributed by atoms with Crippen LogP contribution < -0.4 is 19.5 Å². The Morgan fingerprint density at radius 3 is 2.26 bits per heavy atom. The third-order valence-corrected chi connectivity index (χ3v) is 4.71. The Hall–Kier alpha value is -1.91. The summed E-state index contributed by atoms with van der Waals surface area (Å²) in [4.78, 5) is 0. The molecule has 0 fully saturated rings. The molecule has 1 atom stereocenters. The van der Waals surface area contributed by atoms with Gasteiger partial charge in [0, 0.05) is 6.04 Å². The maximum atomic E-state index is 6.08. The van der Waals surface area contributed by atoms with Crippen molar-refractivity contribution >= 4 is 12.4 Å². The topological polar surface area (TPSA) is 39.7 Å². The molecule has 2 aromatic rings. The molecular formula is C22H32ClNO3. The minimum atomic E-state index is 0. The van der Waals surface area contributed by atoms with Crippen LogP contribution in [0.2, 0.25) is 0 Å². The fourth-order valence-corrected chi connectivity index (χ4v) is 2.91. The van der Waals surface area contributed by atoms with Crippen molar-refractivity contribution in [3.63, 3.8) is 0 Å². The van der Waals surface area contributed by atoms with E-state index < -0.39 is 0 Å². The van der Waals surface area contributed by atoms with E-state index in [-0.39, 0.29) is 18.4 Å². The summed E-state index contributed by atoms with van der Waals surface area (Å²) in [6, 6.07) is 10.6. The second-order valence-corrected chi connectivity index (χ2v) is 6.76. The Labute approximate surface area is 169 Å². The summed E-state index contributed by atoms with van der Waals surface area (Å²) in [5.74, 6) is 2.54. The molecule has 0 radical (unpaired) electrons. The molecule has 0 spiro atoms. The number of rotatable bonds is 9. The van der Waals surface area contributed by atoms with Gasteiger partial charge in [0.15, 0.2) is 11.5 Å². The highest BCUT2D eigenvalue weighted by Crippen LogP contribution is 2.28. The lowest BCUT2D eigenvalue weighted by Gasteiger charge is -2.18. The fraction of sp³-hybridized carbons (Fsp3) is 0.455. The van der Waals surface area contributed by atoms with E-state index >= 15 is 0 Å². The van der Waals surface area contributed by atoms with Gasteiger partial charge in [-0.15, -0.1) is 12.4 Å². The van der Waals surface area contributed by atoms with Crippen molar-refractivity contribution < 1.29 is 14.2 Å². The normalized spacial score (nSPS) is 11.5. The number of methoxy groups -OCH3 is 2. The van der Waals surface area contributed by atoms with Crippen LogP contribution in [0.5, 0.6) is 17.2 Å². The first-order chi connectivity index (χ1) is 12.5. The highest BCUT2D eigenvalue weighted by molar-refractivity contribution is 5.85. The van der Waals surface area contributed by atoms with Gasteiger partial charge < -0.3 is 19.5 Å². The van der Waals surface area contributed by atoms with Gasteiger partial charge in [-0.2, -0.15) is 0 Å². The van der Waals surface area contributed by atoms with E-state index in [1.165, 1.54) is 22.3 Å². The van der Waals surface area contributed by atoms with E-state index in [1.807, 2.05) is 12.1 Å². The molecule has 2 aromatic carbocycles. The SMILES string of the molecule is COc1ccc(CCNC(C)COc2c(C)ccc(C)c2C)cc1OC.Cl. The molecule has 150 valence electrons. The molecule has 0 saturated heterocycles. The van der Waals surface area contributed by atoms with Crippen LogP contribution in [0.4, 0.5) is 0 Å². The van der Waals surface area contributed by atoms with Crippen LogP contribution in [0.15, 0.2) is 30.3 Å². The molecule has 27 heavy (non-hydrogen) atoms. The zero-order valence-corrected chi connectivity index (χ0v) is 18.0. The van der Waals surface area contributed by atoms with Crippen LogP contribution in [0.3, 0.4) is 0 Å². The van der Waals surface area contributed by atoms with Crippen molar-refractivity contribution in [2.75, 3.05) is 27.4 Å². The van der Waals surface area contributed by atoms with Crippen LogP contribution in [-0.2, 0) is 6.42 Å². The van der Waals surface area contributed by atoms with Crippen LogP contribution in [-0.4, -0.2) is 33.4 Å². The van der Waals surface area contributed by atoms with Gasteiger partial charge in [-0.1, -0.05) is 18.2 Å². The first kappa shape index (κ1) is 23.1. The Morgan fingerprint density at radius 1 is 0.926 bits per heavy atom. The second kappa shape index (κ2) is 11.1. The van der Waals surface area contributed by atoms with Crippen LogP contribution in [0.1, 0.15) is 29.2 Å². The lowest BCUT2D eigenvalue weighted by molar-refractivity contribution is 0.270. The van der Waals surface area contributed by atoms with Crippen molar-refractivity contribution in [1.82, 2.24) is 5.32 Å².